The van der Waals surface area contributed by atoms with Gasteiger partial charge in [0.15, 0.2) is 5.11 Å². The number of amides is 1. The Bertz CT molecular complexity index is 1320. The Labute approximate surface area is 241 Å². The summed E-state index contributed by atoms with van der Waals surface area (Å²) in [4.78, 5) is 17.4. The monoisotopic (exact) mass is 551 g/mol. The van der Waals surface area contributed by atoms with Gasteiger partial charge in [-0.3, -0.25) is 15.0 Å². The molecule has 7 heteroatoms. The minimum Gasteiger partial charge on any atom is -0.490 e. The standard InChI is InChI=1S/C33H33N3O3S/c37-32(28-16-18-30(19-17-28)39-25-24-38-29-14-8-3-9-15-29)34-33(40)36-22-20-35(21-23-36)31(26-10-4-1-5-11-26)27-12-6-2-7-13-27/h1-19,31H,20-25H2,(H,34,37,40). The molecule has 1 amide bonds. The van der Waals surface area contributed by atoms with Gasteiger partial charge in [0.25, 0.3) is 5.91 Å². The van der Waals surface area contributed by atoms with Gasteiger partial charge in [0.05, 0.1) is 6.04 Å². The molecule has 1 saturated heterocycles. The number of piperazine rings is 1. The molecule has 0 atom stereocenters. The van der Waals surface area contributed by atoms with E-state index < -0.39 is 0 Å². The van der Waals surface area contributed by atoms with Crippen LogP contribution in [-0.4, -0.2) is 60.2 Å². The molecule has 1 fully saturated rings. The number of thiocarbonyl (C=S) groups is 1. The van der Waals surface area contributed by atoms with Crippen molar-refractivity contribution in [1.82, 2.24) is 15.1 Å². The van der Waals surface area contributed by atoms with Gasteiger partial charge in [0.2, 0.25) is 0 Å². The van der Waals surface area contributed by atoms with Gasteiger partial charge < -0.3 is 14.4 Å². The molecule has 0 saturated carbocycles. The summed E-state index contributed by atoms with van der Waals surface area (Å²) in [5.74, 6) is 1.26. The lowest BCUT2D eigenvalue weighted by atomic mass is 9.96. The third-order valence-corrected chi connectivity index (χ3v) is 7.26. The minimum atomic E-state index is -0.224. The number of hydrogen-bond donors (Lipinski definition) is 1. The van der Waals surface area contributed by atoms with Crippen LogP contribution in [0.3, 0.4) is 0 Å². The number of rotatable bonds is 9. The van der Waals surface area contributed by atoms with Crippen molar-refractivity contribution in [2.45, 2.75) is 6.04 Å². The Morgan fingerprint density at radius 1 is 0.675 bits per heavy atom. The van der Waals surface area contributed by atoms with Crippen molar-refractivity contribution in [3.63, 3.8) is 0 Å². The van der Waals surface area contributed by atoms with Crippen molar-refractivity contribution in [3.8, 4) is 11.5 Å². The van der Waals surface area contributed by atoms with Gasteiger partial charge >= 0.3 is 0 Å². The summed E-state index contributed by atoms with van der Waals surface area (Å²) < 4.78 is 11.4. The van der Waals surface area contributed by atoms with Crippen LogP contribution < -0.4 is 14.8 Å². The average molecular weight is 552 g/mol. The van der Waals surface area contributed by atoms with E-state index in [9.17, 15) is 4.79 Å². The van der Waals surface area contributed by atoms with E-state index in [-0.39, 0.29) is 11.9 Å². The molecule has 0 unspecified atom stereocenters. The molecule has 0 aliphatic carbocycles. The molecule has 6 nitrogen and oxygen atoms in total. The highest BCUT2D eigenvalue weighted by atomic mass is 32.1. The molecular weight excluding hydrogens is 518 g/mol. The van der Waals surface area contributed by atoms with Gasteiger partial charge in [-0.15, -0.1) is 0 Å². The number of ether oxygens (including phenoxy) is 2. The van der Waals surface area contributed by atoms with E-state index in [0.717, 1.165) is 31.9 Å². The summed E-state index contributed by atoms with van der Waals surface area (Å²) in [5, 5.41) is 3.36. The zero-order valence-electron chi connectivity index (χ0n) is 22.3. The topological polar surface area (TPSA) is 54.0 Å². The van der Waals surface area contributed by atoms with Gasteiger partial charge in [-0.1, -0.05) is 78.9 Å². The molecular formula is C33H33N3O3S. The molecule has 0 aromatic heterocycles. The Hall–Kier alpha value is -4.20. The Kier molecular flexibility index (Phi) is 9.40. The smallest absolute Gasteiger partial charge is 0.257 e. The van der Waals surface area contributed by atoms with Crippen LogP contribution in [0.5, 0.6) is 11.5 Å². The highest BCUT2D eigenvalue weighted by molar-refractivity contribution is 7.80. The number of nitrogens with one attached hydrogen (secondary N) is 1. The first-order chi connectivity index (χ1) is 19.7. The minimum absolute atomic E-state index is 0.179. The van der Waals surface area contributed by atoms with Crippen LogP contribution in [0.4, 0.5) is 0 Å². The predicted molar refractivity (Wildman–Crippen MR) is 162 cm³/mol. The fourth-order valence-electron chi connectivity index (χ4n) is 4.85. The van der Waals surface area contributed by atoms with E-state index in [1.807, 2.05) is 42.5 Å². The van der Waals surface area contributed by atoms with Gasteiger partial charge in [-0.2, -0.15) is 0 Å². The third kappa shape index (κ3) is 7.25. The van der Waals surface area contributed by atoms with Crippen molar-refractivity contribution in [2.75, 3.05) is 39.4 Å². The molecule has 0 spiro atoms. The highest BCUT2D eigenvalue weighted by Gasteiger charge is 2.27. The highest BCUT2D eigenvalue weighted by Crippen LogP contribution is 2.29. The maximum Gasteiger partial charge on any atom is 0.257 e. The van der Waals surface area contributed by atoms with E-state index in [4.69, 9.17) is 21.7 Å². The molecule has 4 aromatic rings. The van der Waals surface area contributed by atoms with E-state index in [0.29, 0.717) is 29.6 Å². The number of hydrogen-bond acceptors (Lipinski definition) is 5. The van der Waals surface area contributed by atoms with Gasteiger partial charge in [-0.25, -0.2) is 0 Å². The summed E-state index contributed by atoms with van der Waals surface area (Å²) >= 11 is 5.62. The maximum atomic E-state index is 12.9. The van der Waals surface area contributed by atoms with Crippen molar-refractivity contribution in [1.29, 1.82) is 0 Å². The van der Waals surface area contributed by atoms with Crippen molar-refractivity contribution < 1.29 is 14.3 Å². The molecule has 1 aliphatic rings. The number of carbonyl (C=O) groups is 1. The Morgan fingerprint density at radius 2 is 1.15 bits per heavy atom. The molecule has 5 rings (SSSR count). The summed E-state index contributed by atoms with van der Waals surface area (Å²) in [6.07, 6.45) is 0. The first kappa shape index (κ1) is 27.4. The molecule has 1 N–H and O–H groups in total. The molecule has 1 aliphatic heterocycles. The lowest BCUT2D eigenvalue weighted by Gasteiger charge is -2.40. The average Bonchev–Trinajstić information content (AvgIpc) is 3.02. The van der Waals surface area contributed by atoms with Crippen molar-refractivity contribution in [2.24, 2.45) is 0 Å². The lowest BCUT2D eigenvalue weighted by Crippen LogP contribution is -2.53. The summed E-state index contributed by atoms with van der Waals surface area (Å²) in [5.41, 5.74) is 3.07. The van der Waals surface area contributed by atoms with Crippen LogP contribution in [0.15, 0.2) is 115 Å². The fourth-order valence-corrected chi connectivity index (χ4v) is 5.13. The van der Waals surface area contributed by atoms with Crippen LogP contribution in [0.1, 0.15) is 27.5 Å². The maximum absolute atomic E-state index is 12.9. The van der Waals surface area contributed by atoms with E-state index in [1.165, 1.54) is 11.1 Å². The number of para-hydroxylation sites is 1. The Morgan fingerprint density at radius 3 is 1.68 bits per heavy atom. The van der Waals surface area contributed by atoms with Crippen molar-refractivity contribution >= 4 is 23.2 Å². The summed E-state index contributed by atoms with van der Waals surface area (Å²) in [7, 11) is 0. The molecule has 0 bridgehead atoms. The molecule has 204 valence electrons. The first-order valence-corrected chi connectivity index (χ1v) is 13.9. The number of nitrogens with zero attached hydrogens (tertiary/aromatic N) is 2. The second-order valence-corrected chi connectivity index (χ2v) is 9.93. The van der Waals surface area contributed by atoms with Crippen LogP contribution in [0, 0.1) is 0 Å². The first-order valence-electron chi connectivity index (χ1n) is 13.5. The van der Waals surface area contributed by atoms with Crippen LogP contribution in [0.25, 0.3) is 0 Å². The number of carbonyl (C=O) groups excluding carboxylic acids is 1. The SMILES string of the molecule is O=C(NC(=S)N1CCN(C(c2ccccc2)c2ccccc2)CC1)c1ccc(OCCOc2ccccc2)cc1. The number of benzene rings is 4. The summed E-state index contributed by atoms with van der Waals surface area (Å²) in [6, 6.07) is 38.0. The molecule has 40 heavy (non-hydrogen) atoms. The van der Waals surface area contributed by atoms with E-state index in [2.05, 4.69) is 63.6 Å². The zero-order chi connectivity index (χ0) is 27.6. The zero-order valence-corrected chi connectivity index (χ0v) is 23.1. The van der Waals surface area contributed by atoms with Crippen molar-refractivity contribution in [3.05, 3.63) is 132 Å². The van der Waals surface area contributed by atoms with Gasteiger partial charge in [0, 0.05) is 31.7 Å². The largest absolute Gasteiger partial charge is 0.490 e. The van der Waals surface area contributed by atoms with E-state index >= 15 is 0 Å². The lowest BCUT2D eigenvalue weighted by molar-refractivity contribution is 0.0967. The van der Waals surface area contributed by atoms with Gasteiger partial charge in [0.1, 0.15) is 24.7 Å². The third-order valence-electron chi connectivity index (χ3n) is 6.90. The molecule has 4 aromatic carbocycles. The van der Waals surface area contributed by atoms with Crippen LogP contribution >= 0.6 is 12.2 Å². The normalized spacial score (nSPS) is 13.6. The second kappa shape index (κ2) is 13.7. The second-order valence-electron chi connectivity index (χ2n) is 9.54. The van der Waals surface area contributed by atoms with Gasteiger partial charge in [-0.05, 0) is 59.7 Å². The molecule has 0 radical (unpaired) electrons. The quantitative estimate of drug-likeness (QED) is 0.217. The predicted octanol–water partition coefficient (Wildman–Crippen LogP) is 5.57. The van der Waals surface area contributed by atoms with Crippen LogP contribution in [-0.2, 0) is 0 Å². The Balaban J connectivity index is 1.10. The van der Waals surface area contributed by atoms with E-state index in [1.54, 1.807) is 24.3 Å². The fraction of sp³-hybridized carbons (Fsp3) is 0.212. The summed E-state index contributed by atoms with van der Waals surface area (Å²) in [6.45, 7) is 4.01. The molecule has 1 heterocycles. The van der Waals surface area contributed by atoms with Crippen LogP contribution in [0.2, 0.25) is 0 Å².